The molecular weight excluding hydrogens is 277 g/mol. The fourth-order valence-electron chi connectivity index (χ4n) is 1.23. The molecule has 0 fully saturated rings. The Morgan fingerprint density at radius 2 is 2.11 bits per heavy atom. The number of rotatable bonds is 5. The first-order chi connectivity index (χ1) is 8.58. The summed E-state index contributed by atoms with van der Waals surface area (Å²) in [5.41, 5.74) is 5.78. The maximum absolute atomic E-state index is 11.7. The van der Waals surface area contributed by atoms with Crippen molar-refractivity contribution in [3.63, 3.8) is 0 Å². The summed E-state index contributed by atoms with van der Waals surface area (Å²) in [7, 11) is 0. The van der Waals surface area contributed by atoms with Gasteiger partial charge in [0.25, 0.3) is 0 Å². The molecule has 0 atom stereocenters. The molecule has 0 spiro atoms. The number of anilines is 1. The lowest BCUT2D eigenvalue weighted by atomic mass is 10.3. The van der Waals surface area contributed by atoms with Crippen LogP contribution < -0.4 is 11.1 Å². The second-order valence-corrected chi connectivity index (χ2v) is 4.31. The zero-order valence-corrected chi connectivity index (χ0v) is 11.0. The number of nitrogens with zero attached hydrogens (tertiary/aromatic N) is 1. The van der Waals surface area contributed by atoms with Gasteiger partial charge in [0.1, 0.15) is 0 Å². The molecule has 0 saturated heterocycles. The van der Waals surface area contributed by atoms with E-state index in [1.54, 1.807) is 12.1 Å². The molecule has 1 aromatic rings. The summed E-state index contributed by atoms with van der Waals surface area (Å²) in [5, 5.41) is 3.26. The fraction of sp³-hybridized carbons (Fsp3) is 0.273. The van der Waals surface area contributed by atoms with Crippen LogP contribution in [0.4, 0.5) is 10.5 Å². The third kappa shape index (κ3) is 4.18. The first-order valence-corrected chi connectivity index (χ1v) is 6.02. The van der Waals surface area contributed by atoms with Crippen molar-refractivity contribution in [1.82, 2.24) is 4.90 Å². The van der Waals surface area contributed by atoms with Crippen molar-refractivity contribution < 1.29 is 9.59 Å². The predicted molar refractivity (Wildman–Crippen MR) is 71.9 cm³/mol. The summed E-state index contributed by atoms with van der Waals surface area (Å²) in [6, 6.07) is 4.13. The molecular formula is C11H13Cl2N3O2. The predicted octanol–water partition coefficient (Wildman–Crippen LogP) is 2.33. The topological polar surface area (TPSA) is 75.4 Å². The summed E-state index contributed by atoms with van der Waals surface area (Å²) < 4.78 is 0. The van der Waals surface area contributed by atoms with Gasteiger partial charge in [-0.15, -0.1) is 0 Å². The van der Waals surface area contributed by atoms with E-state index in [0.29, 0.717) is 35.1 Å². The zero-order chi connectivity index (χ0) is 13.5. The molecule has 0 aliphatic carbocycles. The number of nitrogens with two attached hydrogens (primary N) is 1. The molecule has 1 aromatic carbocycles. The SMILES string of the molecule is NCCCN(C=O)C(=O)Nc1ccc(Cl)c(Cl)c1. The minimum absolute atomic E-state index is 0.271. The normalized spacial score (nSPS) is 9.94. The van der Waals surface area contributed by atoms with Crippen LogP contribution in [-0.2, 0) is 4.79 Å². The van der Waals surface area contributed by atoms with Gasteiger partial charge >= 0.3 is 6.03 Å². The maximum Gasteiger partial charge on any atom is 0.328 e. The molecule has 0 saturated carbocycles. The molecule has 18 heavy (non-hydrogen) atoms. The average molecular weight is 290 g/mol. The van der Waals surface area contributed by atoms with Gasteiger partial charge in [0.05, 0.1) is 10.0 Å². The Kier molecular flexibility index (Phi) is 5.91. The van der Waals surface area contributed by atoms with E-state index >= 15 is 0 Å². The molecule has 0 bridgehead atoms. The third-order valence-corrected chi connectivity index (χ3v) is 2.90. The van der Waals surface area contributed by atoms with Gasteiger partial charge < -0.3 is 11.1 Å². The largest absolute Gasteiger partial charge is 0.330 e. The van der Waals surface area contributed by atoms with Crippen LogP contribution in [0, 0.1) is 0 Å². The van der Waals surface area contributed by atoms with Crippen molar-refractivity contribution in [2.24, 2.45) is 5.73 Å². The van der Waals surface area contributed by atoms with Crippen LogP contribution in [-0.4, -0.2) is 30.4 Å². The number of hydrogen-bond acceptors (Lipinski definition) is 3. The number of amides is 3. The molecule has 7 heteroatoms. The number of carbonyl (C=O) groups is 2. The Morgan fingerprint density at radius 1 is 1.39 bits per heavy atom. The van der Waals surface area contributed by atoms with Gasteiger partial charge in [0, 0.05) is 12.2 Å². The smallest absolute Gasteiger partial charge is 0.328 e. The van der Waals surface area contributed by atoms with E-state index in [-0.39, 0.29) is 6.54 Å². The molecule has 0 aliphatic rings. The van der Waals surface area contributed by atoms with Crippen LogP contribution in [0.3, 0.4) is 0 Å². The van der Waals surface area contributed by atoms with Gasteiger partial charge in [-0.3, -0.25) is 9.69 Å². The standard InChI is InChI=1S/C11H13Cl2N3O2/c12-9-3-2-8(6-10(9)13)15-11(18)16(7-17)5-1-4-14/h2-3,6-7H,1,4-5,14H2,(H,15,18). The number of imide groups is 1. The Morgan fingerprint density at radius 3 is 2.67 bits per heavy atom. The van der Waals surface area contributed by atoms with Crippen molar-refractivity contribution in [2.75, 3.05) is 18.4 Å². The van der Waals surface area contributed by atoms with Crippen molar-refractivity contribution in [1.29, 1.82) is 0 Å². The molecule has 0 heterocycles. The van der Waals surface area contributed by atoms with Crippen molar-refractivity contribution in [3.05, 3.63) is 28.2 Å². The Bertz CT molecular complexity index is 440. The molecule has 3 N–H and O–H groups in total. The summed E-state index contributed by atoms with van der Waals surface area (Å²) in [6.07, 6.45) is 1.01. The van der Waals surface area contributed by atoms with Crippen molar-refractivity contribution in [3.8, 4) is 0 Å². The molecule has 3 amide bonds. The first-order valence-electron chi connectivity index (χ1n) is 5.26. The van der Waals surface area contributed by atoms with E-state index in [1.165, 1.54) is 6.07 Å². The number of halogens is 2. The fourth-order valence-corrected chi connectivity index (χ4v) is 1.53. The number of urea groups is 1. The number of carbonyl (C=O) groups excluding carboxylic acids is 2. The third-order valence-electron chi connectivity index (χ3n) is 2.16. The van der Waals surface area contributed by atoms with Crippen LogP contribution >= 0.6 is 23.2 Å². The van der Waals surface area contributed by atoms with E-state index in [4.69, 9.17) is 28.9 Å². The summed E-state index contributed by atoms with van der Waals surface area (Å²) in [5.74, 6) is 0. The second kappa shape index (κ2) is 7.20. The van der Waals surface area contributed by atoms with E-state index in [2.05, 4.69) is 5.32 Å². The number of benzene rings is 1. The maximum atomic E-state index is 11.7. The van der Waals surface area contributed by atoms with Crippen molar-refractivity contribution in [2.45, 2.75) is 6.42 Å². The zero-order valence-electron chi connectivity index (χ0n) is 9.53. The van der Waals surface area contributed by atoms with Crippen LogP contribution in [0.2, 0.25) is 10.0 Å². The molecule has 0 aromatic heterocycles. The highest BCUT2D eigenvalue weighted by atomic mass is 35.5. The van der Waals surface area contributed by atoms with E-state index in [0.717, 1.165) is 4.90 Å². The molecule has 5 nitrogen and oxygen atoms in total. The summed E-state index contributed by atoms with van der Waals surface area (Å²) in [4.78, 5) is 23.5. The van der Waals surface area contributed by atoms with E-state index in [1.807, 2.05) is 0 Å². The van der Waals surface area contributed by atoms with Gasteiger partial charge in [0.2, 0.25) is 6.41 Å². The van der Waals surface area contributed by atoms with E-state index in [9.17, 15) is 9.59 Å². The van der Waals surface area contributed by atoms with Gasteiger partial charge in [-0.1, -0.05) is 23.2 Å². The van der Waals surface area contributed by atoms with Gasteiger partial charge in [-0.2, -0.15) is 0 Å². The summed E-state index contributed by atoms with van der Waals surface area (Å²) >= 11 is 11.6. The highest BCUT2D eigenvalue weighted by Crippen LogP contribution is 2.25. The molecule has 98 valence electrons. The Labute approximate surface area is 115 Å². The molecule has 0 radical (unpaired) electrons. The highest BCUT2D eigenvalue weighted by Gasteiger charge is 2.12. The monoisotopic (exact) mass is 289 g/mol. The molecule has 1 rings (SSSR count). The van der Waals surface area contributed by atoms with Crippen molar-refractivity contribution >= 4 is 41.3 Å². The lowest BCUT2D eigenvalue weighted by Crippen LogP contribution is -2.35. The number of nitrogens with one attached hydrogen (secondary N) is 1. The summed E-state index contributed by atoms with van der Waals surface area (Å²) in [6.45, 7) is 0.678. The van der Waals surface area contributed by atoms with Gasteiger partial charge in [-0.25, -0.2) is 4.79 Å². The van der Waals surface area contributed by atoms with Crippen LogP contribution in [0.1, 0.15) is 6.42 Å². The average Bonchev–Trinajstić information content (AvgIpc) is 2.35. The lowest BCUT2D eigenvalue weighted by Gasteiger charge is -2.16. The quantitative estimate of drug-likeness (QED) is 0.817. The van der Waals surface area contributed by atoms with Gasteiger partial charge in [0.15, 0.2) is 0 Å². The van der Waals surface area contributed by atoms with E-state index < -0.39 is 6.03 Å². The lowest BCUT2D eigenvalue weighted by molar-refractivity contribution is -0.115. The van der Waals surface area contributed by atoms with Crippen LogP contribution in [0.15, 0.2) is 18.2 Å². The Hall–Kier alpha value is -1.30. The first kappa shape index (κ1) is 14.8. The Balaban J connectivity index is 2.67. The van der Waals surface area contributed by atoms with Crippen LogP contribution in [0.25, 0.3) is 0 Å². The molecule has 0 aliphatic heterocycles. The second-order valence-electron chi connectivity index (χ2n) is 3.50. The van der Waals surface area contributed by atoms with Crippen LogP contribution in [0.5, 0.6) is 0 Å². The minimum Gasteiger partial charge on any atom is -0.330 e. The highest BCUT2D eigenvalue weighted by molar-refractivity contribution is 6.42. The molecule has 0 unspecified atom stereocenters. The minimum atomic E-state index is -0.531. The number of hydrogen-bond donors (Lipinski definition) is 2. The van der Waals surface area contributed by atoms with Gasteiger partial charge in [-0.05, 0) is 31.2 Å².